The number of hydrogen-bond donors (Lipinski definition) is 3. The van der Waals surface area contributed by atoms with E-state index in [0.717, 1.165) is 0 Å². The molecule has 2 aliphatic rings. The number of carbonyl (C=O) groups excluding carboxylic acids is 1. The maximum Gasteiger partial charge on any atom is 0.270 e. The van der Waals surface area contributed by atoms with Crippen molar-refractivity contribution in [2.24, 2.45) is 5.10 Å². The highest BCUT2D eigenvalue weighted by Gasteiger charge is 2.37. The molecule has 1 aliphatic heterocycles. The molecule has 6 heteroatoms. The van der Waals surface area contributed by atoms with Crippen LogP contribution >= 0.6 is 11.8 Å². The number of hydrazone groups is 1. The molecule has 0 bridgehead atoms. The van der Waals surface area contributed by atoms with Crippen molar-refractivity contribution in [3.63, 3.8) is 0 Å². The van der Waals surface area contributed by atoms with Crippen LogP contribution < -0.4 is 16.1 Å². The zero-order valence-corrected chi connectivity index (χ0v) is 10.5. The molecule has 16 heavy (non-hydrogen) atoms. The fourth-order valence-corrected chi connectivity index (χ4v) is 2.69. The van der Waals surface area contributed by atoms with Crippen LogP contribution in [0, 0.1) is 0 Å². The molecule has 0 radical (unpaired) electrons. The average molecular weight is 242 g/mol. The maximum atomic E-state index is 11.6. The molecule has 1 saturated carbocycles. The van der Waals surface area contributed by atoms with Gasteiger partial charge in [-0.25, -0.2) is 0 Å². The SMILES string of the molecule is CS[C@@]1(NC2CCCC2)NN=C(C)C(=O)N1. The van der Waals surface area contributed by atoms with Gasteiger partial charge in [0.15, 0.2) is 0 Å². The summed E-state index contributed by atoms with van der Waals surface area (Å²) in [5, 5.41) is 9.79. The zero-order valence-electron chi connectivity index (χ0n) is 9.67. The van der Waals surface area contributed by atoms with E-state index in [9.17, 15) is 4.79 Å². The lowest BCUT2D eigenvalue weighted by Gasteiger charge is -2.38. The van der Waals surface area contributed by atoms with Gasteiger partial charge in [0, 0.05) is 6.04 Å². The van der Waals surface area contributed by atoms with Crippen LogP contribution in [0.2, 0.25) is 0 Å². The smallest absolute Gasteiger partial charge is 0.270 e. The molecule has 1 aliphatic carbocycles. The number of hydrogen-bond acceptors (Lipinski definition) is 5. The molecular formula is C10H18N4OS. The minimum absolute atomic E-state index is 0.112. The van der Waals surface area contributed by atoms with E-state index in [0.29, 0.717) is 11.8 Å². The van der Waals surface area contributed by atoms with E-state index in [-0.39, 0.29) is 5.91 Å². The fraction of sp³-hybridized carbons (Fsp3) is 0.800. The second kappa shape index (κ2) is 4.63. The van der Waals surface area contributed by atoms with Gasteiger partial charge in [0.1, 0.15) is 5.71 Å². The number of nitrogens with one attached hydrogen (secondary N) is 3. The molecule has 0 aromatic rings. The molecule has 1 amide bonds. The van der Waals surface area contributed by atoms with Gasteiger partial charge in [-0.3, -0.25) is 15.5 Å². The van der Waals surface area contributed by atoms with Gasteiger partial charge in [-0.05, 0) is 26.0 Å². The zero-order chi connectivity index (χ0) is 11.6. The van der Waals surface area contributed by atoms with Crippen molar-refractivity contribution in [1.82, 2.24) is 16.1 Å². The lowest BCUT2D eigenvalue weighted by atomic mass is 10.2. The van der Waals surface area contributed by atoms with Crippen LogP contribution in [0.3, 0.4) is 0 Å². The van der Waals surface area contributed by atoms with Crippen molar-refractivity contribution in [1.29, 1.82) is 0 Å². The van der Waals surface area contributed by atoms with E-state index in [1.807, 2.05) is 6.26 Å². The highest BCUT2D eigenvalue weighted by Crippen LogP contribution is 2.23. The van der Waals surface area contributed by atoms with Crippen LogP contribution in [0.4, 0.5) is 0 Å². The Morgan fingerprint density at radius 3 is 2.75 bits per heavy atom. The number of rotatable bonds is 3. The molecule has 0 spiro atoms. The third kappa shape index (κ3) is 2.32. The predicted molar refractivity (Wildman–Crippen MR) is 66.0 cm³/mol. The molecule has 3 N–H and O–H groups in total. The number of carbonyl (C=O) groups is 1. The lowest BCUT2D eigenvalue weighted by molar-refractivity contribution is -0.117. The van der Waals surface area contributed by atoms with Crippen molar-refractivity contribution >= 4 is 23.4 Å². The number of thioether (sulfide) groups is 1. The molecule has 0 aromatic heterocycles. The minimum Gasteiger partial charge on any atom is -0.306 e. The topological polar surface area (TPSA) is 65.5 Å². The summed E-state index contributed by atoms with van der Waals surface area (Å²) in [6.07, 6.45) is 6.81. The second-order valence-electron chi connectivity index (χ2n) is 4.27. The van der Waals surface area contributed by atoms with Gasteiger partial charge in [-0.1, -0.05) is 24.6 Å². The first-order valence-electron chi connectivity index (χ1n) is 5.62. The average Bonchev–Trinajstić information content (AvgIpc) is 2.76. The molecule has 0 aromatic carbocycles. The molecule has 2 rings (SSSR count). The third-order valence-corrected chi connectivity index (χ3v) is 3.99. The highest BCUT2D eigenvalue weighted by atomic mass is 32.2. The molecule has 90 valence electrons. The van der Waals surface area contributed by atoms with Crippen molar-refractivity contribution in [2.45, 2.75) is 43.8 Å². The van der Waals surface area contributed by atoms with Gasteiger partial charge >= 0.3 is 0 Å². The Balaban J connectivity index is 2.05. The largest absolute Gasteiger partial charge is 0.306 e. The predicted octanol–water partition coefficient (Wildman–Crippen LogP) is 0.588. The van der Waals surface area contributed by atoms with Gasteiger partial charge in [-0.15, -0.1) is 0 Å². The standard InChI is InChI=1S/C10H18N4OS/c1-7-9(15)12-10(16-2,14-13-7)11-8-5-3-4-6-8/h8,11,14H,3-6H2,1-2H3,(H,12,15)/t10-/m1/s1. The van der Waals surface area contributed by atoms with Crippen LogP contribution in [0.15, 0.2) is 5.10 Å². The van der Waals surface area contributed by atoms with Gasteiger partial charge in [0.25, 0.3) is 5.91 Å². The first-order valence-corrected chi connectivity index (χ1v) is 6.84. The van der Waals surface area contributed by atoms with E-state index in [2.05, 4.69) is 21.2 Å². The summed E-state index contributed by atoms with van der Waals surface area (Å²) >= 11 is 1.52. The normalized spacial score (nSPS) is 30.9. The van der Waals surface area contributed by atoms with Crippen LogP contribution in [0.25, 0.3) is 0 Å². The van der Waals surface area contributed by atoms with Crippen molar-refractivity contribution < 1.29 is 4.79 Å². The summed E-state index contributed by atoms with van der Waals surface area (Å²) in [4.78, 5) is 11.6. The summed E-state index contributed by atoms with van der Waals surface area (Å²) in [6, 6.07) is 0.467. The molecule has 1 fully saturated rings. The summed E-state index contributed by atoms with van der Waals surface area (Å²) < 4.78 is 0. The molecular weight excluding hydrogens is 224 g/mol. The molecule has 0 saturated heterocycles. The minimum atomic E-state index is -0.633. The molecule has 0 unspecified atom stereocenters. The Kier molecular flexibility index (Phi) is 3.39. The van der Waals surface area contributed by atoms with E-state index in [1.165, 1.54) is 37.4 Å². The van der Waals surface area contributed by atoms with E-state index >= 15 is 0 Å². The molecule has 1 heterocycles. The van der Waals surface area contributed by atoms with Crippen LogP contribution in [-0.4, -0.2) is 29.0 Å². The van der Waals surface area contributed by atoms with Crippen molar-refractivity contribution in [3.8, 4) is 0 Å². The highest BCUT2D eigenvalue weighted by molar-refractivity contribution is 7.99. The van der Waals surface area contributed by atoms with Crippen molar-refractivity contribution in [2.75, 3.05) is 6.26 Å². The first kappa shape index (κ1) is 11.7. The summed E-state index contributed by atoms with van der Waals surface area (Å²) in [7, 11) is 0. The summed E-state index contributed by atoms with van der Waals surface area (Å²) in [6.45, 7) is 1.70. The van der Waals surface area contributed by atoms with Crippen molar-refractivity contribution in [3.05, 3.63) is 0 Å². The lowest BCUT2D eigenvalue weighted by Crippen LogP contribution is -2.69. The Bertz CT molecular complexity index is 314. The van der Waals surface area contributed by atoms with Crippen LogP contribution in [0.1, 0.15) is 32.6 Å². The van der Waals surface area contributed by atoms with Gasteiger partial charge < -0.3 is 5.32 Å². The van der Waals surface area contributed by atoms with E-state index < -0.39 is 5.12 Å². The number of nitrogens with zero attached hydrogens (tertiary/aromatic N) is 1. The molecule has 1 atom stereocenters. The Morgan fingerprint density at radius 2 is 2.19 bits per heavy atom. The van der Waals surface area contributed by atoms with Gasteiger partial charge in [0.05, 0.1) is 0 Å². The maximum absolute atomic E-state index is 11.6. The van der Waals surface area contributed by atoms with Crippen LogP contribution in [-0.2, 0) is 4.79 Å². The summed E-state index contributed by atoms with van der Waals surface area (Å²) in [5.74, 6) is -0.112. The Morgan fingerprint density at radius 1 is 1.50 bits per heavy atom. The van der Waals surface area contributed by atoms with E-state index in [1.54, 1.807) is 6.92 Å². The van der Waals surface area contributed by atoms with E-state index in [4.69, 9.17) is 0 Å². The number of amides is 1. The second-order valence-corrected chi connectivity index (χ2v) is 5.29. The third-order valence-electron chi connectivity index (χ3n) is 3.07. The molecule has 5 nitrogen and oxygen atoms in total. The van der Waals surface area contributed by atoms with Crippen LogP contribution in [0.5, 0.6) is 0 Å². The fourth-order valence-electron chi connectivity index (χ4n) is 2.07. The van der Waals surface area contributed by atoms with Gasteiger partial charge in [0.2, 0.25) is 5.12 Å². The summed E-state index contributed by atoms with van der Waals surface area (Å²) in [5.41, 5.74) is 3.47. The monoisotopic (exact) mass is 242 g/mol. The Labute approximate surface area is 99.8 Å². The first-order chi connectivity index (χ1) is 7.65. The quantitative estimate of drug-likeness (QED) is 0.634. The Hall–Kier alpha value is -0.750. The van der Waals surface area contributed by atoms with Gasteiger partial charge in [-0.2, -0.15) is 5.10 Å².